The summed E-state index contributed by atoms with van der Waals surface area (Å²) in [5, 5.41) is 18.2. The summed E-state index contributed by atoms with van der Waals surface area (Å²) in [4.78, 5) is 14.2. The third-order valence-electron chi connectivity index (χ3n) is 4.33. The highest BCUT2D eigenvalue weighted by molar-refractivity contribution is 7.99. The lowest BCUT2D eigenvalue weighted by atomic mass is 10.2. The molecule has 0 radical (unpaired) electrons. The van der Waals surface area contributed by atoms with E-state index in [0.717, 1.165) is 0 Å². The normalized spacial score (nSPS) is 10.5. The Morgan fingerprint density at radius 1 is 1.26 bits per heavy atom. The van der Waals surface area contributed by atoms with Crippen LogP contribution >= 0.6 is 23.4 Å². The highest BCUT2D eigenvalue weighted by atomic mass is 35.5. The fraction of sp³-hybridized carbons (Fsp3) is 0.238. The Morgan fingerprint density at radius 3 is 2.71 bits per heavy atom. The zero-order valence-corrected chi connectivity index (χ0v) is 18.2. The van der Waals surface area contributed by atoms with Gasteiger partial charge in [-0.2, -0.15) is 5.26 Å². The zero-order valence-electron chi connectivity index (χ0n) is 16.7. The van der Waals surface area contributed by atoms with Crippen LogP contribution in [0.5, 0.6) is 5.75 Å². The summed E-state index contributed by atoms with van der Waals surface area (Å²) in [7, 11) is 1.78. The van der Waals surface area contributed by atoms with Gasteiger partial charge in [-0.3, -0.25) is 4.79 Å². The van der Waals surface area contributed by atoms with Crippen LogP contribution in [0.3, 0.4) is 0 Å². The van der Waals surface area contributed by atoms with E-state index in [0.29, 0.717) is 27.4 Å². The van der Waals surface area contributed by atoms with E-state index in [1.54, 1.807) is 23.7 Å². The summed E-state index contributed by atoms with van der Waals surface area (Å²) in [6.07, 6.45) is 0.168. The van der Waals surface area contributed by atoms with Gasteiger partial charge in [-0.15, -0.1) is 10.2 Å². The molecule has 31 heavy (non-hydrogen) atoms. The number of aromatic nitrogens is 3. The van der Waals surface area contributed by atoms with Gasteiger partial charge < -0.3 is 14.2 Å². The number of anilines is 1. The Morgan fingerprint density at radius 2 is 2.00 bits per heavy atom. The largest absolute Gasteiger partial charge is 0.484 e. The molecule has 0 spiro atoms. The van der Waals surface area contributed by atoms with Crippen molar-refractivity contribution < 1.29 is 13.9 Å². The van der Waals surface area contributed by atoms with Crippen LogP contribution in [-0.2, 0) is 18.4 Å². The predicted molar refractivity (Wildman–Crippen MR) is 116 cm³/mol. The van der Waals surface area contributed by atoms with Crippen molar-refractivity contribution in [2.24, 2.45) is 7.05 Å². The molecule has 0 saturated carbocycles. The van der Waals surface area contributed by atoms with Crippen LogP contribution in [0.4, 0.5) is 10.1 Å². The first-order valence-electron chi connectivity index (χ1n) is 9.31. The van der Waals surface area contributed by atoms with Crippen LogP contribution in [-0.4, -0.2) is 33.0 Å². The van der Waals surface area contributed by atoms with Gasteiger partial charge in [0.05, 0.1) is 23.3 Å². The van der Waals surface area contributed by atoms with E-state index in [9.17, 15) is 9.18 Å². The van der Waals surface area contributed by atoms with Gasteiger partial charge in [0.2, 0.25) is 5.91 Å². The Labute approximate surface area is 188 Å². The van der Waals surface area contributed by atoms with Crippen molar-refractivity contribution in [2.75, 3.05) is 17.2 Å². The molecule has 1 aromatic heterocycles. The second-order valence-corrected chi connectivity index (χ2v) is 7.75. The Hall–Kier alpha value is -3.09. The van der Waals surface area contributed by atoms with E-state index in [2.05, 4.69) is 10.2 Å². The minimum atomic E-state index is -0.392. The number of carbonyl (C=O) groups is 1. The molecule has 0 atom stereocenters. The zero-order chi connectivity index (χ0) is 22.2. The average Bonchev–Trinajstić information content (AvgIpc) is 3.12. The van der Waals surface area contributed by atoms with Gasteiger partial charge >= 0.3 is 0 Å². The number of carbonyl (C=O) groups excluding carboxylic acids is 1. The molecular formula is C21H19ClFN5O2S. The first-order chi connectivity index (χ1) is 15.0. The Kier molecular flexibility index (Phi) is 7.87. The van der Waals surface area contributed by atoms with Gasteiger partial charge in [0, 0.05) is 19.3 Å². The number of rotatable bonds is 9. The number of ether oxygens (including phenoxy) is 1. The molecule has 1 heterocycles. The van der Waals surface area contributed by atoms with Crippen molar-refractivity contribution in [3.63, 3.8) is 0 Å². The first-order valence-corrected chi connectivity index (χ1v) is 10.7. The van der Waals surface area contributed by atoms with Crippen molar-refractivity contribution in [3.05, 3.63) is 65.2 Å². The minimum Gasteiger partial charge on any atom is -0.484 e. The number of thioether (sulfide) groups is 1. The first kappa shape index (κ1) is 22.6. The quantitative estimate of drug-likeness (QED) is 0.445. The topological polar surface area (TPSA) is 84.0 Å². The number of hydrogen-bond donors (Lipinski definition) is 0. The molecule has 0 aliphatic heterocycles. The van der Waals surface area contributed by atoms with Crippen molar-refractivity contribution in [2.45, 2.75) is 18.2 Å². The van der Waals surface area contributed by atoms with Crippen LogP contribution in [0, 0.1) is 17.1 Å². The minimum absolute atomic E-state index is 0.0835. The van der Waals surface area contributed by atoms with Gasteiger partial charge in [-0.25, -0.2) is 4.39 Å². The third-order valence-corrected chi connectivity index (χ3v) is 5.65. The molecule has 1 amide bonds. The number of nitriles is 1. The summed E-state index contributed by atoms with van der Waals surface area (Å²) >= 11 is 7.31. The lowest BCUT2D eigenvalue weighted by Crippen LogP contribution is -2.33. The molecule has 0 unspecified atom stereocenters. The predicted octanol–water partition coefficient (Wildman–Crippen LogP) is 4.23. The lowest BCUT2D eigenvalue weighted by Gasteiger charge is -2.21. The molecular weight excluding hydrogens is 441 g/mol. The van der Waals surface area contributed by atoms with Crippen LogP contribution < -0.4 is 9.64 Å². The summed E-state index contributed by atoms with van der Waals surface area (Å²) < 4.78 is 20.7. The molecule has 0 fully saturated rings. The molecule has 10 heteroatoms. The molecule has 3 rings (SSSR count). The molecule has 0 N–H and O–H groups in total. The second kappa shape index (κ2) is 10.8. The highest BCUT2D eigenvalue weighted by Gasteiger charge is 2.18. The Balaban J connectivity index is 1.63. The van der Waals surface area contributed by atoms with Crippen LogP contribution in [0.25, 0.3) is 0 Å². The maximum atomic E-state index is 13.2. The molecule has 160 valence electrons. The van der Waals surface area contributed by atoms with Crippen LogP contribution in [0.15, 0.2) is 53.7 Å². The molecule has 0 saturated heterocycles. The number of hydrogen-bond acceptors (Lipinski definition) is 6. The SMILES string of the molecule is Cn1c(COc2ccccc2Cl)nnc1SCC(=O)N(CCC#N)c1ccc(F)cc1. The second-order valence-electron chi connectivity index (χ2n) is 6.40. The third kappa shape index (κ3) is 5.96. The van der Waals surface area contributed by atoms with Gasteiger partial charge in [-0.1, -0.05) is 35.5 Å². The maximum absolute atomic E-state index is 13.2. The summed E-state index contributed by atoms with van der Waals surface area (Å²) in [6, 6.07) is 14.8. The highest BCUT2D eigenvalue weighted by Crippen LogP contribution is 2.25. The average molecular weight is 460 g/mol. The standard InChI is InChI=1S/C21H19ClFN5O2S/c1-27-19(13-30-18-6-3-2-5-17(18)22)25-26-21(27)31-14-20(29)28(12-4-11-24)16-9-7-15(23)8-10-16/h2-3,5-10H,4,12-14H2,1H3. The molecule has 0 aliphatic carbocycles. The van der Waals surface area contributed by atoms with Gasteiger partial charge in [0.15, 0.2) is 11.0 Å². The van der Waals surface area contributed by atoms with Crippen molar-refractivity contribution in [1.29, 1.82) is 5.26 Å². The van der Waals surface area contributed by atoms with E-state index in [4.69, 9.17) is 21.6 Å². The van der Waals surface area contributed by atoms with Crippen molar-refractivity contribution in [1.82, 2.24) is 14.8 Å². The van der Waals surface area contributed by atoms with E-state index in [1.165, 1.54) is 40.9 Å². The molecule has 7 nitrogen and oxygen atoms in total. The smallest absolute Gasteiger partial charge is 0.237 e. The summed E-state index contributed by atoms with van der Waals surface area (Å²) in [5.74, 6) is 0.596. The van der Waals surface area contributed by atoms with E-state index < -0.39 is 5.82 Å². The van der Waals surface area contributed by atoms with E-state index in [1.807, 2.05) is 18.2 Å². The van der Waals surface area contributed by atoms with Gasteiger partial charge in [0.25, 0.3) is 0 Å². The molecule has 0 bridgehead atoms. The molecule has 3 aromatic rings. The number of halogens is 2. The lowest BCUT2D eigenvalue weighted by molar-refractivity contribution is -0.116. The van der Waals surface area contributed by atoms with E-state index in [-0.39, 0.29) is 31.2 Å². The molecule has 2 aromatic carbocycles. The Bertz CT molecular complexity index is 1080. The number of para-hydroxylation sites is 1. The fourth-order valence-corrected chi connectivity index (χ4v) is 3.68. The van der Waals surface area contributed by atoms with Gasteiger partial charge in [-0.05, 0) is 36.4 Å². The number of benzene rings is 2. The summed E-state index contributed by atoms with van der Waals surface area (Å²) in [5.41, 5.74) is 0.536. The van der Waals surface area contributed by atoms with Crippen LogP contribution in [0.1, 0.15) is 12.2 Å². The number of nitrogens with zero attached hydrogens (tertiary/aromatic N) is 5. The van der Waals surface area contributed by atoms with Crippen molar-refractivity contribution >= 4 is 35.0 Å². The monoisotopic (exact) mass is 459 g/mol. The fourth-order valence-electron chi connectivity index (χ4n) is 2.69. The number of amides is 1. The summed E-state index contributed by atoms with van der Waals surface area (Å²) in [6.45, 7) is 0.392. The van der Waals surface area contributed by atoms with E-state index >= 15 is 0 Å². The van der Waals surface area contributed by atoms with Crippen molar-refractivity contribution in [3.8, 4) is 11.8 Å². The molecule has 0 aliphatic rings. The maximum Gasteiger partial charge on any atom is 0.237 e. The van der Waals surface area contributed by atoms with Crippen LogP contribution in [0.2, 0.25) is 5.02 Å². The van der Waals surface area contributed by atoms with Gasteiger partial charge in [0.1, 0.15) is 18.2 Å².